The fraction of sp³-hybridized carbons (Fsp3) is 0.100. The van der Waals surface area contributed by atoms with Crippen LogP contribution in [0, 0.1) is 6.92 Å². The van der Waals surface area contributed by atoms with Gasteiger partial charge in [0.1, 0.15) is 11.3 Å². The van der Waals surface area contributed by atoms with Gasteiger partial charge in [-0.3, -0.25) is 19.7 Å². The van der Waals surface area contributed by atoms with E-state index in [-0.39, 0.29) is 17.9 Å². The molecule has 0 saturated carbocycles. The normalized spacial score (nSPS) is 15.3. The van der Waals surface area contributed by atoms with Crippen LogP contribution in [0.5, 0.6) is 5.75 Å². The largest absolute Gasteiger partial charge is 0.481 e. The number of anilines is 1. The highest BCUT2D eigenvalue weighted by Crippen LogP contribution is 2.36. The van der Waals surface area contributed by atoms with Gasteiger partial charge in [-0.2, -0.15) is 0 Å². The number of hydrogen-bond donors (Lipinski definition) is 2. The summed E-state index contributed by atoms with van der Waals surface area (Å²) in [5, 5.41) is 2.54. The van der Waals surface area contributed by atoms with Gasteiger partial charge in [0.05, 0.1) is 14.6 Å². The van der Waals surface area contributed by atoms with Crippen molar-refractivity contribution in [2.45, 2.75) is 6.92 Å². The maximum absolute atomic E-state index is 13.1. The smallest absolute Gasteiger partial charge is 0.335 e. The molecule has 11 heteroatoms. The Morgan fingerprint density at radius 3 is 2.48 bits per heavy atom. The topological polar surface area (TPSA) is 119 Å². The number of nitrogens with two attached hydrogens (primary N) is 1. The Bertz CT molecular complexity index is 1140. The molecule has 0 radical (unpaired) electrons. The number of ether oxygens (including phenoxy) is 1. The zero-order valence-electron chi connectivity index (χ0n) is 15.9. The molecule has 1 heterocycles. The molecule has 5 amide bonds. The lowest BCUT2D eigenvalue weighted by Crippen LogP contribution is -2.54. The number of carbonyl (C=O) groups is 4. The maximum atomic E-state index is 13.1. The number of halogens is 3. The van der Waals surface area contributed by atoms with Crippen LogP contribution in [0.2, 0.25) is 5.02 Å². The first-order valence-corrected chi connectivity index (χ1v) is 10.6. The average Bonchev–Trinajstić information content (AvgIpc) is 2.67. The molecule has 2 aromatic rings. The molecule has 0 aromatic heterocycles. The Kier molecular flexibility index (Phi) is 6.83. The third-order valence-electron chi connectivity index (χ3n) is 4.27. The number of amides is 5. The van der Waals surface area contributed by atoms with Crippen molar-refractivity contribution in [3.63, 3.8) is 0 Å². The highest BCUT2D eigenvalue weighted by molar-refractivity contribution is 9.11. The molecule has 1 fully saturated rings. The lowest BCUT2D eigenvalue weighted by molar-refractivity contribution is -0.123. The third kappa shape index (κ3) is 4.81. The van der Waals surface area contributed by atoms with Crippen molar-refractivity contribution < 1.29 is 23.9 Å². The van der Waals surface area contributed by atoms with E-state index in [0.29, 0.717) is 30.8 Å². The van der Waals surface area contributed by atoms with Gasteiger partial charge in [-0.1, -0.05) is 17.7 Å². The number of rotatable bonds is 5. The number of imide groups is 2. The molecular weight excluding hydrogens is 557 g/mol. The number of hydrogen-bond acceptors (Lipinski definition) is 5. The van der Waals surface area contributed by atoms with Crippen molar-refractivity contribution in [2.24, 2.45) is 5.73 Å². The van der Waals surface area contributed by atoms with Crippen molar-refractivity contribution in [3.8, 4) is 5.75 Å². The van der Waals surface area contributed by atoms with E-state index in [4.69, 9.17) is 22.1 Å². The van der Waals surface area contributed by atoms with Crippen molar-refractivity contribution in [3.05, 3.63) is 61.0 Å². The fourth-order valence-corrected chi connectivity index (χ4v) is 4.45. The summed E-state index contributed by atoms with van der Waals surface area (Å²) in [4.78, 5) is 49.7. The minimum atomic E-state index is -0.866. The van der Waals surface area contributed by atoms with E-state index in [1.165, 1.54) is 6.08 Å². The summed E-state index contributed by atoms with van der Waals surface area (Å²) in [6, 6.07) is 7.09. The van der Waals surface area contributed by atoms with E-state index in [2.05, 4.69) is 37.2 Å². The monoisotopic (exact) mass is 569 g/mol. The lowest BCUT2D eigenvalue weighted by Gasteiger charge is -2.27. The van der Waals surface area contributed by atoms with Crippen LogP contribution < -0.4 is 20.7 Å². The maximum Gasteiger partial charge on any atom is 0.335 e. The average molecular weight is 572 g/mol. The Morgan fingerprint density at radius 1 is 1.23 bits per heavy atom. The Balaban J connectivity index is 2.00. The summed E-state index contributed by atoms with van der Waals surface area (Å²) in [6.07, 6.45) is 1.34. The number of nitrogens with zero attached hydrogens (tertiary/aromatic N) is 1. The van der Waals surface area contributed by atoms with Gasteiger partial charge in [0, 0.05) is 5.02 Å². The second kappa shape index (κ2) is 9.21. The second-order valence-corrected chi connectivity index (χ2v) is 8.53. The van der Waals surface area contributed by atoms with Crippen LogP contribution in [0.4, 0.5) is 10.5 Å². The van der Waals surface area contributed by atoms with E-state index < -0.39 is 23.8 Å². The molecule has 1 saturated heterocycles. The number of urea groups is 1. The van der Waals surface area contributed by atoms with Crippen LogP contribution in [-0.4, -0.2) is 30.4 Å². The van der Waals surface area contributed by atoms with Gasteiger partial charge in [-0.05, 0) is 80.3 Å². The summed E-state index contributed by atoms with van der Waals surface area (Å²) < 4.78 is 6.24. The molecule has 160 valence electrons. The first-order valence-electron chi connectivity index (χ1n) is 8.67. The molecule has 1 aliphatic rings. The predicted octanol–water partition coefficient (Wildman–Crippen LogP) is 3.70. The van der Waals surface area contributed by atoms with E-state index in [0.717, 1.165) is 4.90 Å². The third-order valence-corrected chi connectivity index (χ3v) is 5.86. The van der Waals surface area contributed by atoms with E-state index in [1.807, 2.05) is 0 Å². The SMILES string of the molecule is Cc1c(Cl)cccc1N1C(=O)NC(=O)/C(=C\c2cc(Br)c(OCC(N)=O)c(Br)c2)C1=O. The van der Waals surface area contributed by atoms with Gasteiger partial charge in [0.2, 0.25) is 0 Å². The highest BCUT2D eigenvalue weighted by atomic mass is 79.9. The summed E-state index contributed by atoms with van der Waals surface area (Å²) in [5.41, 5.74) is 6.09. The second-order valence-electron chi connectivity index (χ2n) is 6.41. The van der Waals surface area contributed by atoms with E-state index >= 15 is 0 Å². The fourth-order valence-electron chi connectivity index (χ4n) is 2.83. The van der Waals surface area contributed by atoms with Gasteiger partial charge >= 0.3 is 6.03 Å². The summed E-state index contributed by atoms with van der Waals surface area (Å²) in [6.45, 7) is 1.34. The molecule has 3 rings (SSSR count). The summed E-state index contributed by atoms with van der Waals surface area (Å²) >= 11 is 12.8. The van der Waals surface area contributed by atoms with Gasteiger partial charge < -0.3 is 10.5 Å². The Hall–Kier alpha value is -2.69. The highest BCUT2D eigenvalue weighted by Gasteiger charge is 2.37. The molecule has 1 aliphatic heterocycles. The molecule has 8 nitrogen and oxygen atoms in total. The number of benzene rings is 2. The molecule has 0 spiro atoms. The molecule has 31 heavy (non-hydrogen) atoms. The van der Waals surface area contributed by atoms with E-state index in [1.54, 1.807) is 37.3 Å². The van der Waals surface area contributed by atoms with Gasteiger partial charge in [0.25, 0.3) is 17.7 Å². The first-order chi connectivity index (χ1) is 14.6. The Labute approximate surface area is 198 Å². The minimum Gasteiger partial charge on any atom is -0.481 e. The van der Waals surface area contributed by atoms with Crippen LogP contribution in [0.3, 0.4) is 0 Å². The summed E-state index contributed by atoms with van der Waals surface area (Å²) in [5.74, 6) is -1.94. The van der Waals surface area contributed by atoms with Crippen LogP contribution in [0.15, 0.2) is 44.9 Å². The minimum absolute atomic E-state index is 0.247. The quantitative estimate of drug-likeness (QED) is 0.419. The number of nitrogens with one attached hydrogen (secondary N) is 1. The molecule has 0 unspecified atom stereocenters. The van der Waals surface area contributed by atoms with Crippen molar-refractivity contribution in [1.82, 2.24) is 5.32 Å². The zero-order chi connectivity index (χ0) is 22.9. The zero-order valence-corrected chi connectivity index (χ0v) is 19.8. The molecule has 0 bridgehead atoms. The van der Waals surface area contributed by atoms with Crippen molar-refractivity contribution in [1.29, 1.82) is 0 Å². The Morgan fingerprint density at radius 2 is 1.87 bits per heavy atom. The first kappa shape index (κ1) is 23.0. The van der Waals surface area contributed by atoms with Gasteiger partial charge in [-0.15, -0.1) is 0 Å². The van der Waals surface area contributed by atoms with Crippen molar-refractivity contribution in [2.75, 3.05) is 11.5 Å². The molecular formula is C20H14Br2ClN3O5. The number of primary amides is 1. The molecule has 2 aromatic carbocycles. The molecule has 3 N–H and O–H groups in total. The molecule has 0 aliphatic carbocycles. The predicted molar refractivity (Wildman–Crippen MR) is 122 cm³/mol. The van der Waals surface area contributed by atoms with Gasteiger partial charge in [0.15, 0.2) is 6.61 Å². The lowest BCUT2D eigenvalue weighted by atomic mass is 10.1. The van der Waals surface area contributed by atoms with Crippen LogP contribution >= 0.6 is 43.5 Å². The van der Waals surface area contributed by atoms with Crippen LogP contribution in [0.25, 0.3) is 6.08 Å². The summed E-state index contributed by atoms with van der Waals surface area (Å²) in [7, 11) is 0. The van der Waals surface area contributed by atoms with Crippen LogP contribution in [-0.2, 0) is 14.4 Å². The van der Waals surface area contributed by atoms with Gasteiger partial charge in [-0.25, -0.2) is 9.69 Å². The molecule has 0 atom stereocenters. The standard InChI is InChI=1S/C20H14Br2ClN3O5/c1-9-14(23)3-2-4-15(9)26-19(29)11(18(28)25-20(26)30)5-10-6-12(21)17(13(22)7-10)31-8-16(24)27/h2-7H,8H2,1H3,(H2,24,27)(H,25,28,30)/b11-5+. The number of barbiturate groups is 1. The van der Waals surface area contributed by atoms with Crippen LogP contribution in [0.1, 0.15) is 11.1 Å². The van der Waals surface area contributed by atoms with Crippen molar-refractivity contribution >= 4 is 79.0 Å². The van der Waals surface area contributed by atoms with E-state index in [9.17, 15) is 19.2 Å². The number of carbonyl (C=O) groups excluding carboxylic acids is 4.